The minimum Gasteiger partial charge on any atom is -0.486 e. The van der Waals surface area contributed by atoms with E-state index in [0.717, 1.165) is 10.6 Å². The third-order valence-corrected chi connectivity index (χ3v) is 5.10. The maximum Gasteiger partial charge on any atom is 0.258 e. The van der Waals surface area contributed by atoms with Gasteiger partial charge in [0.15, 0.2) is 11.5 Å². The molecular formula is C21H16N2O3S. The van der Waals surface area contributed by atoms with Crippen LogP contribution in [0.1, 0.15) is 20.8 Å². The number of carbonyl (C=O) groups excluding carboxylic acids is 1. The fraction of sp³-hybridized carbons (Fsp3) is 0.143. The van der Waals surface area contributed by atoms with Crippen molar-refractivity contribution in [1.29, 1.82) is 5.26 Å². The molecular weight excluding hydrogens is 360 g/mol. The van der Waals surface area contributed by atoms with Crippen molar-refractivity contribution < 1.29 is 14.3 Å². The van der Waals surface area contributed by atoms with Gasteiger partial charge in [-0.25, -0.2) is 0 Å². The van der Waals surface area contributed by atoms with Crippen LogP contribution >= 0.6 is 11.3 Å². The number of amides is 1. The number of ether oxygens (including phenoxy) is 2. The van der Waals surface area contributed by atoms with E-state index >= 15 is 0 Å². The lowest BCUT2D eigenvalue weighted by atomic mass is 10.1. The minimum atomic E-state index is -0.135. The van der Waals surface area contributed by atoms with Crippen LogP contribution in [0.4, 0.5) is 5.69 Å². The summed E-state index contributed by atoms with van der Waals surface area (Å²) in [6.07, 6.45) is 0. The molecule has 2 heterocycles. The van der Waals surface area contributed by atoms with Crippen molar-refractivity contribution in [1.82, 2.24) is 0 Å². The third kappa shape index (κ3) is 3.64. The van der Waals surface area contributed by atoms with Gasteiger partial charge < -0.3 is 14.4 Å². The molecule has 0 bridgehead atoms. The van der Waals surface area contributed by atoms with Crippen molar-refractivity contribution in [3.05, 3.63) is 76.0 Å². The monoisotopic (exact) mass is 376 g/mol. The van der Waals surface area contributed by atoms with Gasteiger partial charge in [0.05, 0.1) is 18.2 Å². The summed E-state index contributed by atoms with van der Waals surface area (Å²) in [6.45, 7) is 1.47. The van der Waals surface area contributed by atoms with E-state index in [2.05, 4.69) is 6.07 Å². The number of nitriles is 1. The average molecular weight is 376 g/mol. The molecule has 6 heteroatoms. The molecule has 0 saturated heterocycles. The first-order chi connectivity index (χ1) is 13.2. The summed E-state index contributed by atoms with van der Waals surface area (Å²) in [4.78, 5) is 16.0. The van der Waals surface area contributed by atoms with Gasteiger partial charge >= 0.3 is 0 Å². The number of hydrogen-bond acceptors (Lipinski definition) is 5. The Morgan fingerprint density at radius 3 is 2.56 bits per heavy atom. The van der Waals surface area contributed by atoms with Crippen LogP contribution in [0.25, 0.3) is 0 Å². The summed E-state index contributed by atoms with van der Waals surface area (Å²) in [7, 11) is 0. The highest BCUT2D eigenvalue weighted by molar-refractivity contribution is 7.09. The molecule has 27 heavy (non-hydrogen) atoms. The molecule has 1 aliphatic heterocycles. The zero-order chi connectivity index (χ0) is 18.6. The van der Waals surface area contributed by atoms with Gasteiger partial charge in [-0.15, -0.1) is 11.3 Å². The Morgan fingerprint density at radius 1 is 1.07 bits per heavy atom. The highest BCUT2D eigenvalue weighted by Gasteiger charge is 2.21. The van der Waals surface area contributed by atoms with E-state index in [1.807, 2.05) is 35.7 Å². The Labute approximate surface area is 161 Å². The Bertz CT molecular complexity index is 991. The quantitative estimate of drug-likeness (QED) is 0.683. The van der Waals surface area contributed by atoms with E-state index in [4.69, 9.17) is 14.7 Å². The summed E-state index contributed by atoms with van der Waals surface area (Å²) in [6, 6.07) is 18.2. The predicted molar refractivity (Wildman–Crippen MR) is 103 cm³/mol. The summed E-state index contributed by atoms with van der Waals surface area (Å²) in [5, 5.41) is 11.0. The van der Waals surface area contributed by atoms with E-state index in [1.54, 1.807) is 40.5 Å². The van der Waals surface area contributed by atoms with E-state index in [9.17, 15) is 4.79 Å². The topological polar surface area (TPSA) is 62.6 Å². The molecule has 0 fully saturated rings. The predicted octanol–water partition coefficient (Wildman–Crippen LogP) is 4.24. The van der Waals surface area contributed by atoms with Crippen LogP contribution in [-0.2, 0) is 6.54 Å². The Morgan fingerprint density at radius 2 is 1.85 bits per heavy atom. The van der Waals surface area contributed by atoms with E-state index < -0.39 is 0 Å². The number of hydrogen-bond donors (Lipinski definition) is 0. The van der Waals surface area contributed by atoms with Gasteiger partial charge in [0.1, 0.15) is 13.2 Å². The Kier molecular flexibility index (Phi) is 4.77. The Hall–Kier alpha value is -3.30. The second-order valence-electron chi connectivity index (χ2n) is 5.99. The second-order valence-corrected chi connectivity index (χ2v) is 7.02. The lowest BCUT2D eigenvalue weighted by Gasteiger charge is -2.25. The second kappa shape index (κ2) is 7.52. The van der Waals surface area contributed by atoms with Crippen LogP contribution < -0.4 is 14.4 Å². The van der Waals surface area contributed by atoms with E-state index in [-0.39, 0.29) is 5.91 Å². The van der Waals surface area contributed by atoms with Crippen molar-refractivity contribution in [3.8, 4) is 17.6 Å². The van der Waals surface area contributed by atoms with Gasteiger partial charge in [-0.2, -0.15) is 5.26 Å². The molecule has 0 unspecified atom stereocenters. The molecule has 0 spiro atoms. The molecule has 1 aromatic heterocycles. The molecule has 1 aliphatic rings. The van der Waals surface area contributed by atoms with Gasteiger partial charge in [0.2, 0.25) is 0 Å². The smallest absolute Gasteiger partial charge is 0.258 e. The lowest BCUT2D eigenvalue weighted by Crippen LogP contribution is -2.30. The van der Waals surface area contributed by atoms with Crippen molar-refractivity contribution in [2.24, 2.45) is 0 Å². The van der Waals surface area contributed by atoms with Gasteiger partial charge in [-0.05, 0) is 47.8 Å². The van der Waals surface area contributed by atoms with E-state index in [1.165, 1.54) is 0 Å². The molecule has 2 aromatic carbocycles. The third-order valence-electron chi connectivity index (χ3n) is 4.24. The van der Waals surface area contributed by atoms with Gasteiger partial charge in [-0.1, -0.05) is 6.07 Å². The summed E-state index contributed by atoms with van der Waals surface area (Å²) >= 11 is 1.60. The fourth-order valence-electron chi connectivity index (χ4n) is 2.88. The van der Waals surface area contributed by atoms with Gasteiger partial charge in [-0.3, -0.25) is 4.79 Å². The van der Waals surface area contributed by atoms with Crippen LogP contribution in [0.5, 0.6) is 11.5 Å². The normalized spacial score (nSPS) is 12.3. The Balaban J connectivity index is 1.70. The minimum absolute atomic E-state index is 0.135. The molecule has 134 valence electrons. The number of fused-ring (bicyclic) bond motifs is 1. The van der Waals surface area contributed by atoms with Gasteiger partial charge in [0.25, 0.3) is 5.91 Å². The van der Waals surface area contributed by atoms with Crippen LogP contribution in [0.15, 0.2) is 60.0 Å². The van der Waals surface area contributed by atoms with Crippen LogP contribution in [0.3, 0.4) is 0 Å². The lowest BCUT2D eigenvalue weighted by molar-refractivity contribution is 0.0985. The summed E-state index contributed by atoms with van der Waals surface area (Å²) in [5.74, 6) is 1.19. The zero-order valence-corrected chi connectivity index (χ0v) is 15.2. The molecule has 3 aromatic rings. The maximum atomic E-state index is 13.2. The number of nitrogens with zero attached hydrogens (tertiary/aromatic N) is 2. The summed E-state index contributed by atoms with van der Waals surface area (Å²) in [5.41, 5.74) is 1.79. The first-order valence-electron chi connectivity index (χ1n) is 8.48. The van der Waals surface area contributed by atoms with Crippen molar-refractivity contribution >= 4 is 22.9 Å². The number of carbonyl (C=O) groups is 1. The van der Waals surface area contributed by atoms with Crippen LogP contribution in [0.2, 0.25) is 0 Å². The highest BCUT2D eigenvalue weighted by Crippen LogP contribution is 2.35. The average Bonchev–Trinajstić information content (AvgIpc) is 3.24. The molecule has 0 atom stereocenters. The van der Waals surface area contributed by atoms with Crippen molar-refractivity contribution in [2.45, 2.75) is 6.54 Å². The standard InChI is InChI=1S/C21H16N2O3S/c22-13-15-3-5-16(6-4-15)21(24)23(14-18-2-1-11-27-18)17-7-8-19-20(12-17)26-10-9-25-19/h1-8,11-12H,9-10,14H2. The molecule has 0 radical (unpaired) electrons. The number of anilines is 1. The summed E-state index contributed by atoms with van der Waals surface area (Å²) < 4.78 is 11.2. The van der Waals surface area contributed by atoms with Crippen LogP contribution in [-0.4, -0.2) is 19.1 Å². The molecule has 0 aliphatic carbocycles. The van der Waals surface area contributed by atoms with Crippen molar-refractivity contribution in [2.75, 3.05) is 18.1 Å². The molecule has 1 amide bonds. The van der Waals surface area contributed by atoms with Gasteiger partial charge in [0, 0.05) is 22.2 Å². The number of thiophene rings is 1. The SMILES string of the molecule is N#Cc1ccc(C(=O)N(Cc2cccs2)c2ccc3c(c2)OCCO3)cc1. The number of benzene rings is 2. The number of rotatable bonds is 4. The molecule has 0 N–H and O–H groups in total. The van der Waals surface area contributed by atoms with Crippen LogP contribution in [0, 0.1) is 11.3 Å². The molecule has 4 rings (SSSR count). The van der Waals surface area contributed by atoms with E-state index in [0.29, 0.717) is 42.4 Å². The van der Waals surface area contributed by atoms with Crippen molar-refractivity contribution in [3.63, 3.8) is 0 Å². The fourth-order valence-corrected chi connectivity index (χ4v) is 3.57. The first kappa shape index (κ1) is 17.1. The largest absolute Gasteiger partial charge is 0.486 e. The first-order valence-corrected chi connectivity index (χ1v) is 9.36. The molecule has 5 nitrogen and oxygen atoms in total. The molecule has 0 saturated carbocycles. The zero-order valence-electron chi connectivity index (χ0n) is 14.4. The maximum absolute atomic E-state index is 13.2. The highest BCUT2D eigenvalue weighted by atomic mass is 32.1.